The molecule has 0 atom stereocenters. The van der Waals surface area contributed by atoms with Gasteiger partial charge in [0.25, 0.3) is 0 Å². The highest BCUT2D eigenvalue weighted by Gasteiger charge is 2.02. The fraction of sp³-hybridized carbons (Fsp3) is 0.200. The molecule has 2 aromatic heterocycles. The van der Waals surface area contributed by atoms with Crippen LogP contribution in [0.2, 0.25) is 0 Å². The molecule has 0 saturated carbocycles. The van der Waals surface area contributed by atoms with Crippen molar-refractivity contribution in [2.24, 2.45) is 0 Å². The molecule has 0 saturated heterocycles. The number of hydrogen-bond donors (Lipinski definition) is 0. The van der Waals surface area contributed by atoms with Crippen molar-refractivity contribution < 1.29 is 0 Å². The summed E-state index contributed by atoms with van der Waals surface area (Å²) in [5.41, 5.74) is 2.38. The lowest BCUT2D eigenvalue weighted by molar-refractivity contribution is 0.901. The average molecular weight is 173 g/mol. The van der Waals surface area contributed by atoms with Crippen LogP contribution in [0.4, 0.5) is 0 Å². The van der Waals surface area contributed by atoms with E-state index in [1.165, 1.54) is 5.56 Å². The van der Waals surface area contributed by atoms with Crippen molar-refractivity contribution in [1.82, 2.24) is 14.5 Å². The van der Waals surface area contributed by atoms with Crippen LogP contribution in [0.25, 0.3) is 5.95 Å². The van der Waals surface area contributed by atoms with Gasteiger partial charge in [0, 0.05) is 24.3 Å². The number of hydrogen-bond acceptors (Lipinski definition) is 2. The van der Waals surface area contributed by atoms with E-state index in [-0.39, 0.29) is 0 Å². The van der Waals surface area contributed by atoms with Crippen LogP contribution in [0.1, 0.15) is 11.3 Å². The minimum atomic E-state index is 0.730. The van der Waals surface area contributed by atoms with Crippen LogP contribution in [0.3, 0.4) is 0 Å². The number of aryl methyl sites for hydroxylation is 2. The van der Waals surface area contributed by atoms with Gasteiger partial charge in [-0.15, -0.1) is 0 Å². The van der Waals surface area contributed by atoms with Crippen LogP contribution >= 0.6 is 0 Å². The second-order valence-electron chi connectivity index (χ2n) is 3.08. The fourth-order valence-corrected chi connectivity index (χ4v) is 1.37. The molecular formula is C10H11N3. The molecule has 0 aliphatic heterocycles. The summed E-state index contributed by atoms with van der Waals surface area (Å²) in [5, 5.41) is 0. The maximum Gasteiger partial charge on any atom is 0.233 e. The van der Waals surface area contributed by atoms with Crippen molar-refractivity contribution in [1.29, 1.82) is 0 Å². The van der Waals surface area contributed by atoms with Crippen molar-refractivity contribution in [2.75, 3.05) is 0 Å². The first-order valence-electron chi connectivity index (χ1n) is 4.20. The van der Waals surface area contributed by atoms with Gasteiger partial charge < -0.3 is 0 Å². The van der Waals surface area contributed by atoms with E-state index in [2.05, 4.69) is 23.0 Å². The van der Waals surface area contributed by atoms with E-state index in [4.69, 9.17) is 0 Å². The monoisotopic (exact) mass is 173 g/mol. The van der Waals surface area contributed by atoms with Gasteiger partial charge in [0.05, 0.1) is 0 Å². The summed E-state index contributed by atoms with van der Waals surface area (Å²) in [4.78, 5) is 8.35. The SMILES string of the molecule is Cc1cc(C)n(-c2ncccn2)c1. The Kier molecular flexibility index (Phi) is 1.85. The molecule has 2 heterocycles. The Hall–Kier alpha value is -1.64. The van der Waals surface area contributed by atoms with Crippen molar-refractivity contribution in [3.63, 3.8) is 0 Å². The minimum Gasteiger partial charge on any atom is -0.290 e. The lowest BCUT2D eigenvalue weighted by atomic mass is 10.4. The molecule has 0 radical (unpaired) electrons. The van der Waals surface area contributed by atoms with Crippen LogP contribution in [0.15, 0.2) is 30.7 Å². The van der Waals surface area contributed by atoms with Crippen molar-refractivity contribution >= 4 is 0 Å². The molecule has 3 nitrogen and oxygen atoms in total. The van der Waals surface area contributed by atoms with E-state index in [9.17, 15) is 0 Å². The maximum atomic E-state index is 4.18. The van der Waals surface area contributed by atoms with E-state index in [0.29, 0.717) is 0 Å². The molecule has 0 spiro atoms. The number of nitrogens with zero attached hydrogens (tertiary/aromatic N) is 3. The Morgan fingerprint density at radius 1 is 1.15 bits per heavy atom. The second kappa shape index (κ2) is 3.01. The Labute approximate surface area is 77.1 Å². The van der Waals surface area contributed by atoms with Crippen LogP contribution in [-0.4, -0.2) is 14.5 Å². The highest BCUT2D eigenvalue weighted by Crippen LogP contribution is 2.09. The van der Waals surface area contributed by atoms with E-state index < -0.39 is 0 Å². The minimum absolute atomic E-state index is 0.730. The van der Waals surface area contributed by atoms with Crippen molar-refractivity contribution in [2.45, 2.75) is 13.8 Å². The molecule has 0 amide bonds. The average Bonchev–Trinajstić information content (AvgIpc) is 2.47. The predicted molar refractivity (Wildman–Crippen MR) is 50.8 cm³/mol. The summed E-state index contributed by atoms with van der Waals surface area (Å²) in [6, 6.07) is 3.92. The molecule has 0 N–H and O–H groups in total. The zero-order chi connectivity index (χ0) is 9.26. The molecule has 3 heteroatoms. The molecule has 0 fully saturated rings. The molecule has 0 unspecified atom stereocenters. The molecular weight excluding hydrogens is 162 g/mol. The van der Waals surface area contributed by atoms with Gasteiger partial charge >= 0.3 is 0 Å². The van der Waals surface area contributed by atoms with E-state index in [1.807, 2.05) is 23.8 Å². The van der Waals surface area contributed by atoms with Gasteiger partial charge in [0.2, 0.25) is 5.95 Å². The first-order valence-corrected chi connectivity index (χ1v) is 4.20. The highest BCUT2D eigenvalue weighted by atomic mass is 15.1. The molecule has 2 rings (SSSR count). The van der Waals surface area contributed by atoms with Crippen LogP contribution in [-0.2, 0) is 0 Å². The molecule has 0 bridgehead atoms. The van der Waals surface area contributed by atoms with Gasteiger partial charge in [-0.25, -0.2) is 9.97 Å². The Balaban J connectivity index is 2.53. The summed E-state index contributed by atoms with van der Waals surface area (Å²) in [7, 11) is 0. The van der Waals surface area contributed by atoms with Gasteiger partial charge in [-0.1, -0.05) is 0 Å². The van der Waals surface area contributed by atoms with E-state index >= 15 is 0 Å². The third kappa shape index (κ3) is 1.45. The van der Waals surface area contributed by atoms with Gasteiger partial charge in [-0.2, -0.15) is 0 Å². The topological polar surface area (TPSA) is 30.7 Å². The van der Waals surface area contributed by atoms with Gasteiger partial charge in [0.1, 0.15) is 0 Å². The Morgan fingerprint density at radius 2 is 1.85 bits per heavy atom. The first-order chi connectivity index (χ1) is 6.27. The van der Waals surface area contributed by atoms with Crippen molar-refractivity contribution in [3.8, 4) is 5.95 Å². The van der Waals surface area contributed by atoms with Gasteiger partial charge in [-0.05, 0) is 31.5 Å². The second-order valence-corrected chi connectivity index (χ2v) is 3.08. The molecule has 66 valence electrons. The summed E-state index contributed by atoms with van der Waals surface area (Å²) in [6.07, 6.45) is 5.53. The molecule has 2 aromatic rings. The fourth-order valence-electron chi connectivity index (χ4n) is 1.37. The molecule has 0 aliphatic carbocycles. The standard InChI is InChI=1S/C10H11N3/c1-8-6-9(2)13(7-8)10-11-4-3-5-12-10/h3-7H,1-2H3. The predicted octanol–water partition coefficient (Wildman–Crippen LogP) is 1.88. The Morgan fingerprint density at radius 3 is 2.38 bits per heavy atom. The van der Waals surface area contributed by atoms with Crippen LogP contribution in [0, 0.1) is 13.8 Å². The highest BCUT2D eigenvalue weighted by molar-refractivity contribution is 5.24. The van der Waals surface area contributed by atoms with Crippen molar-refractivity contribution in [3.05, 3.63) is 42.0 Å². The van der Waals surface area contributed by atoms with Crippen LogP contribution in [0.5, 0.6) is 0 Å². The number of rotatable bonds is 1. The summed E-state index contributed by atoms with van der Waals surface area (Å²) in [6.45, 7) is 4.11. The van der Waals surface area contributed by atoms with Gasteiger partial charge in [-0.3, -0.25) is 4.57 Å². The summed E-state index contributed by atoms with van der Waals surface area (Å²) >= 11 is 0. The largest absolute Gasteiger partial charge is 0.290 e. The smallest absolute Gasteiger partial charge is 0.233 e. The lowest BCUT2D eigenvalue weighted by Gasteiger charge is -2.01. The summed E-state index contributed by atoms with van der Waals surface area (Å²) in [5.74, 6) is 0.730. The van der Waals surface area contributed by atoms with Gasteiger partial charge in [0.15, 0.2) is 0 Å². The molecule has 0 aromatic carbocycles. The third-order valence-corrected chi connectivity index (χ3v) is 1.92. The summed E-state index contributed by atoms with van der Waals surface area (Å²) < 4.78 is 1.98. The third-order valence-electron chi connectivity index (χ3n) is 1.92. The molecule has 13 heavy (non-hydrogen) atoms. The number of aromatic nitrogens is 3. The van der Waals surface area contributed by atoms with Crippen LogP contribution < -0.4 is 0 Å². The van der Waals surface area contributed by atoms with E-state index in [1.54, 1.807) is 12.4 Å². The first kappa shape index (κ1) is 7.98. The zero-order valence-electron chi connectivity index (χ0n) is 7.73. The maximum absolute atomic E-state index is 4.18. The Bertz CT molecular complexity index is 403. The quantitative estimate of drug-likeness (QED) is 0.659. The lowest BCUT2D eigenvalue weighted by Crippen LogP contribution is -1.99. The normalized spacial score (nSPS) is 10.3. The van der Waals surface area contributed by atoms with E-state index in [0.717, 1.165) is 11.6 Å². The molecule has 0 aliphatic rings. The zero-order valence-corrected chi connectivity index (χ0v) is 7.73.